The first-order chi connectivity index (χ1) is 19.4. The van der Waals surface area contributed by atoms with Crippen LogP contribution in [-0.2, 0) is 6.42 Å². The van der Waals surface area contributed by atoms with Gasteiger partial charge in [0.1, 0.15) is 5.82 Å². The Morgan fingerprint density at radius 1 is 0.825 bits per heavy atom. The van der Waals surface area contributed by atoms with E-state index in [0.717, 1.165) is 27.9 Å². The van der Waals surface area contributed by atoms with E-state index in [9.17, 15) is 9.59 Å². The van der Waals surface area contributed by atoms with Crippen molar-refractivity contribution in [1.82, 2.24) is 14.5 Å². The molecule has 0 fully saturated rings. The molecule has 0 saturated carbocycles. The molecule has 40 heavy (non-hydrogen) atoms. The molecule has 5 nitrogen and oxygen atoms in total. The van der Waals surface area contributed by atoms with Crippen molar-refractivity contribution in [2.24, 2.45) is 0 Å². The Kier molecular flexibility index (Phi) is 7.92. The first-order valence-electron chi connectivity index (χ1n) is 13.9. The van der Waals surface area contributed by atoms with Crippen LogP contribution in [-0.4, -0.2) is 26.9 Å². The summed E-state index contributed by atoms with van der Waals surface area (Å²) in [5, 5.41) is 0.556. The number of aryl methyl sites for hydroxylation is 3. The number of hydrogen-bond donors (Lipinski definition) is 0. The number of nitrogens with zero attached hydrogens (tertiary/aromatic N) is 3. The van der Waals surface area contributed by atoms with Crippen LogP contribution in [0.4, 0.5) is 0 Å². The number of carbonyl (C=O) groups is 1. The van der Waals surface area contributed by atoms with Crippen LogP contribution in [0, 0.1) is 20.8 Å². The Morgan fingerprint density at radius 3 is 2.25 bits per heavy atom. The molecule has 5 rings (SSSR count). The highest BCUT2D eigenvalue weighted by Gasteiger charge is 2.30. The zero-order valence-corrected chi connectivity index (χ0v) is 23.6. The number of rotatable bonds is 8. The molecule has 5 heteroatoms. The summed E-state index contributed by atoms with van der Waals surface area (Å²) in [4.78, 5) is 35.3. The minimum atomic E-state index is -0.422. The van der Waals surface area contributed by atoms with E-state index in [0.29, 0.717) is 41.7 Å². The number of fused-ring (bicyclic) bond motifs is 1. The Morgan fingerprint density at radius 2 is 1.52 bits per heavy atom. The quantitative estimate of drug-likeness (QED) is 0.215. The fourth-order valence-corrected chi connectivity index (χ4v) is 5.29. The van der Waals surface area contributed by atoms with Gasteiger partial charge >= 0.3 is 0 Å². The third kappa shape index (κ3) is 5.32. The average molecular weight is 530 g/mol. The lowest BCUT2D eigenvalue weighted by Crippen LogP contribution is -2.40. The summed E-state index contributed by atoms with van der Waals surface area (Å²) in [7, 11) is 0. The molecule has 0 bridgehead atoms. The summed E-state index contributed by atoms with van der Waals surface area (Å²) in [5.74, 6) is 0.513. The molecule has 0 aliphatic carbocycles. The summed E-state index contributed by atoms with van der Waals surface area (Å²) in [5.41, 5.74) is 6.23. The molecule has 0 aliphatic rings. The van der Waals surface area contributed by atoms with Gasteiger partial charge in [0.05, 0.1) is 22.6 Å². The average Bonchev–Trinajstić information content (AvgIpc) is 2.97. The van der Waals surface area contributed by atoms with Crippen molar-refractivity contribution >= 4 is 16.8 Å². The topological polar surface area (TPSA) is 55.2 Å². The van der Waals surface area contributed by atoms with Gasteiger partial charge in [0, 0.05) is 12.1 Å². The minimum Gasteiger partial charge on any atom is -0.328 e. The number of para-hydroxylation sites is 1. The molecule has 0 N–H and O–H groups in total. The number of carbonyl (C=O) groups excluding carboxylic acids is 1. The standard InChI is InChI=1S/C35H35N3O2/c1-5-32(37(22-21-27-14-7-6-8-15-27)34(39)29-16-10-9-13-25(29)3)33-36-31-18-12-11-17-30(31)35(40)38(33)28-20-19-24(2)26(4)23-28/h6-20,23,32H,5,21-22H2,1-4H3. The van der Waals surface area contributed by atoms with Gasteiger partial charge in [0.15, 0.2) is 0 Å². The van der Waals surface area contributed by atoms with Crippen molar-refractivity contribution in [2.75, 3.05) is 6.54 Å². The third-order valence-electron chi connectivity index (χ3n) is 7.73. The van der Waals surface area contributed by atoms with E-state index in [-0.39, 0.29) is 11.5 Å². The molecule has 1 unspecified atom stereocenters. The van der Waals surface area contributed by atoms with Crippen LogP contribution in [0.25, 0.3) is 16.6 Å². The largest absolute Gasteiger partial charge is 0.328 e. The minimum absolute atomic E-state index is 0.0603. The highest BCUT2D eigenvalue weighted by molar-refractivity contribution is 5.96. The molecule has 1 atom stereocenters. The first kappa shape index (κ1) is 27.1. The highest BCUT2D eigenvalue weighted by atomic mass is 16.2. The van der Waals surface area contributed by atoms with Gasteiger partial charge in [0.25, 0.3) is 11.5 Å². The molecule has 0 radical (unpaired) electrons. The lowest BCUT2D eigenvalue weighted by atomic mass is 10.0. The van der Waals surface area contributed by atoms with E-state index in [1.807, 2.05) is 104 Å². The summed E-state index contributed by atoms with van der Waals surface area (Å²) >= 11 is 0. The predicted octanol–water partition coefficient (Wildman–Crippen LogP) is 7.15. The predicted molar refractivity (Wildman–Crippen MR) is 162 cm³/mol. The van der Waals surface area contributed by atoms with Crippen LogP contribution in [0.2, 0.25) is 0 Å². The van der Waals surface area contributed by atoms with Gasteiger partial charge < -0.3 is 4.90 Å². The van der Waals surface area contributed by atoms with Gasteiger partial charge in [0.2, 0.25) is 0 Å². The molecule has 4 aromatic carbocycles. The zero-order valence-electron chi connectivity index (χ0n) is 23.6. The fourth-order valence-electron chi connectivity index (χ4n) is 5.29. The molecular formula is C35H35N3O2. The second kappa shape index (κ2) is 11.7. The summed E-state index contributed by atoms with van der Waals surface area (Å²) in [6.07, 6.45) is 1.29. The van der Waals surface area contributed by atoms with Crippen LogP contribution in [0.15, 0.2) is 102 Å². The molecule has 1 heterocycles. The van der Waals surface area contributed by atoms with Crippen LogP contribution in [0.3, 0.4) is 0 Å². The highest BCUT2D eigenvalue weighted by Crippen LogP contribution is 2.29. The first-order valence-corrected chi connectivity index (χ1v) is 13.9. The van der Waals surface area contributed by atoms with Crippen LogP contribution in [0.1, 0.15) is 57.8 Å². The second-order valence-corrected chi connectivity index (χ2v) is 10.4. The Balaban J connectivity index is 1.71. The van der Waals surface area contributed by atoms with E-state index in [4.69, 9.17) is 4.98 Å². The normalized spacial score (nSPS) is 11.9. The van der Waals surface area contributed by atoms with Crippen molar-refractivity contribution in [1.29, 1.82) is 0 Å². The molecule has 1 aromatic heterocycles. The monoisotopic (exact) mass is 529 g/mol. The molecule has 5 aromatic rings. The van der Waals surface area contributed by atoms with Gasteiger partial charge in [-0.2, -0.15) is 0 Å². The van der Waals surface area contributed by atoms with Crippen LogP contribution < -0.4 is 5.56 Å². The van der Waals surface area contributed by atoms with E-state index in [2.05, 4.69) is 26.0 Å². The van der Waals surface area contributed by atoms with Gasteiger partial charge in [-0.05, 0) is 86.2 Å². The maximum Gasteiger partial charge on any atom is 0.266 e. The Labute approximate surface area is 235 Å². The van der Waals surface area contributed by atoms with Crippen molar-refractivity contribution < 1.29 is 4.79 Å². The van der Waals surface area contributed by atoms with Crippen LogP contribution >= 0.6 is 0 Å². The Hall–Kier alpha value is -4.51. The van der Waals surface area contributed by atoms with Gasteiger partial charge in [-0.1, -0.05) is 73.7 Å². The lowest BCUT2D eigenvalue weighted by molar-refractivity contribution is 0.0661. The zero-order chi connectivity index (χ0) is 28.2. The Bertz CT molecular complexity index is 1720. The number of benzene rings is 4. The SMILES string of the molecule is CCC(c1nc2ccccc2c(=O)n1-c1ccc(C)c(C)c1)N(CCc1ccccc1)C(=O)c1ccccc1C. The molecule has 0 aliphatic heterocycles. The third-order valence-corrected chi connectivity index (χ3v) is 7.73. The number of hydrogen-bond acceptors (Lipinski definition) is 3. The van der Waals surface area contributed by atoms with Crippen molar-refractivity contribution in [3.05, 3.63) is 141 Å². The number of aromatic nitrogens is 2. The van der Waals surface area contributed by atoms with E-state index in [1.165, 1.54) is 0 Å². The maximum absolute atomic E-state index is 14.3. The van der Waals surface area contributed by atoms with E-state index >= 15 is 0 Å². The molecule has 202 valence electrons. The molecule has 0 saturated heterocycles. The van der Waals surface area contributed by atoms with Gasteiger partial charge in [-0.3, -0.25) is 14.2 Å². The summed E-state index contributed by atoms with van der Waals surface area (Å²) in [6.45, 7) is 8.61. The van der Waals surface area contributed by atoms with Crippen molar-refractivity contribution in [3.63, 3.8) is 0 Å². The molecular weight excluding hydrogens is 494 g/mol. The summed E-state index contributed by atoms with van der Waals surface area (Å²) in [6, 6.07) is 30.9. The smallest absolute Gasteiger partial charge is 0.266 e. The van der Waals surface area contributed by atoms with E-state index < -0.39 is 6.04 Å². The molecule has 1 amide bonds. The van der Waals surface area contributed by atoms with Crippen LogP contribution in [0.5, 0.6) is 0 Å². The van der Waals surface area contributed by atoms with Crippen molar-refractivity contribution in [2.45, 2.75) is 46.6 Å². The van der Waals surface area contributed by atoms with E-state index in [1.54, 1.807) is 4.57 Å². The van der Waals surface area contributed by atoms with Gasteiger partial charge in [-0.15, -0.1) is 0 Å². The fraction of sp³-hybridized carbons (Fsp3) is 0.229. The second-order valence-electron chi connectivity index (χ2n) is 10.4. The molecule has 0 spiro atoms. The number of amides is 1. The summed E-state index contributed by atoms with van der Waals surface area (Å²) < 4.78 is 1.71. The maximum atomic E-state index is 14.3. The van der Waals surface area contributed by atoms with Crippen molar-refractivity contribution in [3.8, 4) is 5.69 Å². The van der Waals surface area contributed by atoms with Gasteiger partial charge in [-0.25, -0.2) is 4.98 Å². The lowest BCUT2D eigenvalue weighted by Gasteiger charge is -2.33.